The van der Waals surface area contributed by atoms with Gasteiger partial charge in [0.2, 0.25) is 5.91 Å². The smallest absolute Gasteiger partial charge is 0.326 e. The summed E-state index contributed by atoms with van der Waals surface area (Å²) in [6.45, 7) is 10.9. The number of piperidine rings is 1. The van der Waals surface area contributed by atoms with Crippen molar-refractivity contribution in [3.8, 4) is 0 Å². The molecule has 294 valence electrons. The van der Waals surface area contributed by atoms with Crippen LogP contribution < -0.4 is 11.1 Å². The molecule has 1 saturated heterocycles. The molecule has 3 aromatic carbocycles. The van der Waals surface area contributed by atoms with Crippen LogP contribution in [0.25, 0.3) is 0 Å². The number of nitrogens with two attached hydrogens (primary N) is 1. The number of likely N-dealkylation sites (tertiary alicyclic amines) is 1. The van der Waals surface area contributed by atoms with Crippen molar-refractivity contribution in [3.05, 3.63) is 125 Å². The number of aliphatic hydroxyl groups is 1. The Morgan fingerprint density at radius 1 is 0.909 bits per heavy atom. The van der Waals surface area contributed by atoms with Gasteiger partial charge in [-0.1, -0.05) is 106 Å². The highest BCUT2D eigenvalue weighted by atomic mass is 16.5. The first kappa shape index (κ1) is 41.3. The molecule has 5 N–H and O–H groups in total. The van der Waals surface area contributed by atoms with Gasteiger partial charge in [-0.25, -0.2) is 9.78 Å². The summed E-state index contributed by atoms with van der Waals surface area (Å²) in [5, 5.41) is 24.3. The minimum absolute atomic E-state index is 0.00737. The van der Waals surface area contributed by atoms with E-state index in [0.29, 0.717) is 18.7 Å². The molecule has 1 aliphatic heterocycles. The molecule has 1 amide bonds. The number of rotatable bonds is 17. The first-order chi connectivity index (χ1) is 26.2. The number of carboxylic acid groups (broad SMARTS) is 1. The number of imidazole rings is 1. The SMILES string of the molecule is CC(N)C(=O)NC(Cc1cn(CCC(=O)OC(CCCN2CCC(C(O)(c3ccccc3)c3ccccc3)CC2)c2ccc(C(C)(C)C)cc2)cn1)C(=O)O. The fourth-order valence-electron chi connectivity index (χ4n) is 7.37. The zero-order valence-electron chi connectivity index (χ0n) is 32.6. The number of carboxylic acids is 1. The minimum Gasteiger partial charge on any atom is -0.480 e. The molecule has 11 heteroatoms. The summed E-state index contributed by atoms with van der Waals surface area (Å²) in [4.78, 5) is 43.7. The van der Waals surface area contributed by atoms with Gasteiger partial charge in [0.15, 0.2) is 0 Å². The molecule has 11 nitrogen and oxygen atoms in total. The molecule has 1 aromatic heterocycles. The van der Waals surface area contributed by atoms with E-state index >= 15 is 0 Å². The van der Waals surface area contributed by atoms with Crippen molar-refractivity contribution < 1.29 is 29.3 Å². The molecule has 2 heterocycles. The Hall–Kier alpha value is -4.84. The first-order valence-electron chi connectivity index (χ1n) is 19.4. The predicted octanol–water partition coefficient (Wildman–Crippen LogP) is 5.74. The number of aryl methyl sites for hydroxylation is 1. The molecule has 3 atom stereocenters. The summed E-state index contributed by atoms with van der Waals surface area (Å²) in [6.07, 6.45) is 6.12. The van der Waals surface area contributed by atoms with E-state index in [1.165, 1.54) is 12.5 Å². The molecule has 55 heavy (non-hydrogen) atoms. The predicted molar refractivity (Wildman–Crippen MR) is 212 cm³/mol. The lowest BCUT2D eigenvalue weighted by atomic mass is 9.72. The molecule has 5 rings (SSSR count). The molecule has 1 fully saturated rings. The average molecular weight is 752 g/mol. The maximum atomic E-state index is 13.3. The minimum atomic E-state index is -1.18. The van der Waals surface area contributed by atoms with Crippen molar-refractivity contribution in [2.75, 3.05) is 19.6 Å². The van der Waals surface area contributed by atoms with Crippen LogP contribution in [0.1, 0.15) is 93.9 Å². The third-order valence-corrected chi connectivity index (χ3v) is 10.7. The van der Waals surface area contributed by atoms with E-state index in [9.17, 15) is 24.6 Å². The van der Waals surface area contributed by atoms with Crippen LogP contribution in [0.4, 0.5) is 0 Å². The molecule has 3 unspecified atom stereocenters. The number of carbonyl (C=O) groups excluding carboxylic acids is 2. The van der Waals surface area contributed by atoms with Gasteiger partial charge in [-0.3, -0.25) is 9.59 Å². The number of nitrogens with zero attached hydrogens (tertiary/aromatic N) is 3. The third kappa shape index (κ3) is 11.1. The standard InChI is InChI=1S/C44H57N5O6/c1-31(45)41(51)47-38(42(52)53)28-37-29-49(30-46-37)27-23-40(50)55-39(32-17-19-33(20-18-32)43(2,3)4)16-11-24-48-25-21-36(22-26-48)44(54,34-12-7-5-8-13-34)35-14-9-6-10-15-35/h5-10,12-15,17-20,29-31,36,38-39,54H,11,16,21-28,45H2,1-4H3,(H,47,51)(H,52,53). The topological polar surface area (TPSA) is 160 Å². The maximum absolute atomic E-state index is 13.3. The van der Waals surface area contributed by atoms with Crippen LogP contribution in [0.15, 0.2) is 97.5 Å². The molecule has 0 saturated carbocycles. The van der Waals surface area contributed by atoms with Crippen LogP contribution in [0.5, 0.6) is 0 Å². The molecule has 0 radical (unpaired) electrons. The lowest BCUT2D eigenvalue weighted by molar-refractivity contribution is -0.150. The van der Waals surface area contributed by atoms with E-state index in [1.54, 1.807) is 17.1 Å². The summed E-state index contributed by atoms with van der Waals surface area (Å²) < 4.78 is 7.86. The summed E-state index contributed by atoms with van der Waals surface area (Å²) in [7, 11) is 0. The van der Waals surface area contributed by atoms with E-state index in [2.05, 4.69) is 60.2 Å². The maximum Gasteiger partial charge on any atom is 0.326 e. The van der Waals surface area contributed by atoms with Gasteiger partial charge in [0.1, 0.15) is 17.7 Å². The Kier molecular flexibility index (Phi) is 14.0. The second kappa shape index (κ2) is 18.7. The lowest BCUT2D eigenvalue weighted by Gasteiger charge is -2.42. The molecule has 0 aliphatic carbocycles. The number of hydrogen-bond acceptors (Lipinski definition) is 8. The molecule has 0 bridgehead atoms. The summed E-state index contributed by atoms with van der Waals surface area (Å²) in [6, 6.07) is 26.3. The summed E-state index contributed by atoms with van der Waals surface area (Å²) in [5.41, 5.74) is 8.98. The van der Waals surface area contributed by atoms with Crippen molar-refractivity contribution in [2.45, 2.75) is 102 Å². The Morgan fingerprint density at radius 3 is 2.05 bits per heavy atom. The third-order valence-electron chi connectivity index (χ3n) is 10.7. The van der Waals surface area contributed by atoms with Gasteiger partial charge in [0.25, 0.3) is 0 Å². The van der Waals surface area contributed by atoms with E-state index in [0.717, 1.165) is 55.6 Å². The largest absolute Gasteiger partial charge is 0.480 e. The monoisotopic (exact) mass is 751 g/mol. The first-order valence-corrected chi connectivity index (χ1v) is 19.4. The van der Waals surface area contributed by atoms with Gasteiger partial charge in [-0.05, 0) is 85.8 Å². The van der Waals surface area contributed by atoms with Crippen molar-refractivity contribution in [1.82, 2.24) is 19.8 Å². The van der Waals surface area contributed by atoms with Crippen LogP contribution in [-0.4, -0.2) is 74.2 Å². The van der Waals surface area contributed by atoms with Crippen LogP contribution in [0.2, 0.25) is 0 Å². The van der Waals surface area contributed by atoms with Gasteiger partial charge < -0.3 is 35.5 Å². The Labute approximate surface area is 324 Å². The second-order valence-corrected chi connectivity index (χ2v) is 15.9. The van der Waals surface area contributed by atoms with E-state index in [-0.39, 0.29) is 30.1 Å². The number of carbonyl (C=O) groups is 3. The van der Waals surface area contributed by atoms with E-state index < -0.39 is 35.7 Å². The molecule has 1 aliphatic rings. The highest BCUT2D eigenvalue weighted by molar-refractivity contribution is 5.86. The van der Waals surface area contributed by atoms with Crippen LogP contribution in [-0.2, 0) is 43.1 Å². The number of amides is 1. The van der Waals surface area contributed by atoms with Gasteiger partial charge in [0.05, 0.1) is 24.5 Å². The van der Waals surface area contributed by atoms with Crippen molar-refractivity contribution in [1.29, 1.82) is 0 Å². The highest BCUT2D eigenvalue weighted by Gasteiger charge is 2.41. The number of hydrogen-bond donors (Lipinski definition) is 4. The molecular formula is C44H57N5O6. The lowest BCUT2D eigenvalue weighted by Crippen LogP contribution is -2.48. The number of aromatic nitrogens is 2. The van der Waals surface area contributed by atoms with Gasteiger partial charge in [-0.2, -0.15) is 0 Å². The van der Waals surface area contributed by atoms with Crippen LogP contribution >= 0.6 is 0 Å². The number of aliphatic carboxylic acids is 1. The second-order valence-electron chi connectivity index (χ2n) is 15.9. The summed E-state index contributed by atoms with van der Waals surface area (Å²) >= 11 is 0. The van der Waals surface area contributed by atoms with Crippen molar-refractivity contribution >= 4 is 17.8 Å². The Morgan fingerprint density at radius 2 is 1.51 bits per heavy atom. The normalized spacial score (nSPS) is 15.9. The quantitative estimate of drug-likeness (QED) is 0.0987. The molecule has 4 aromatic rings. The molecular weight excluding hydrogens is 695 g/mol. The van der Waals surface area contributed by atoms with Crippen molar-refractivity contribution in [2.24, 2.45) is 11.7 Å². The van der Waals surface area contributed by atoms with Gasteiger partial charge >= 0.3 is 11.9 Å². The van der Waals surface area contributed by atoms with Crippen molar-refractivity contribution in [3.63, 3.8) is 0 Å². The number of ether oxygens (including phenoxy) is 1. The van der Waals surface area contributed by atoms with E-state index in [4.69, 9.17) is 10.5 Å². The number of benzene rings is 3. The summed E-state index contributed by atoms with van der Waals surface area (Å²) in [5.74, 6) is -2.00. The van der Waals surface area contributed by atoms with Crippen LogP contribution in [0.3, 0.4) is 0 Å². The number of esters is 1. The fraction of sp³-hybridized carbons (Fsp3) is 0.455. The van der Waals surface area contributed by atoms with Gasteiger partial charge in [0, 0.05) is 19.2 Å². The van der Waals surface area contributed by atoms with Crippen LogP contribution in [0, 0.1) is 5.92 Å². The number of nitrogens with one attached hydrogen (secondary N) is 1. The zero-order valence-corrected chi connectivity index (χ0v) is 32.6. The average Bonchev–Trinajstić information content (AvgIpc) is 3.64. The van der Waals surface area contributed by atoms with Gasteiger partial charge in [-0.15, -0.1) is 0 Å². The molecule has 0 spiro atoms. The van der Waals surface area contributed by atoms with E-state index in [1.807, 2.05) is 60.7 Å². The highest BCUT2D eigenvalue weighted by Crippen LogP contribution is 2.42. The fourth-order valence-corrected chi connectivity index (χ4v) is 7.37. The zero-order chi connectivity index (χ0) is 39.6. The Bertz CT molecular complexity index is 1790. The Balaban J connectivity index is 1.18.